The number of thiophene rings is 1. The van der Waals surface area contributed by atoms with Crippen LogP contribution in [0.2, 0.25) is 10.0 Å². The molecule has 0 saturated heterocycles. The number of ether oxygens (including phenoxy) is 1. The Kier molecular flexibility index (Phi) is 8.47. The van der Waals surface area contributed by atoms with Gasteiger partial charge in [-0.3, -0.25) is 4.68 Å². The molecular weight excluding hydrogens is 511 g/mol. The Morgan fingerprint density at radius 3 is 2.76 bits per heavy atom. The number of esters is 1. The first-order valence-corrected chi connectivity index (χ1v) is 13.3. The second kappa shape index (κ2) is 11.5. The van der Waals surface area contributed by atoms with Crippen molar-refractivity contribution >= 4 is 68.5 Å². The van der Waals surface area contributed by atoms with Crippen molar-refractivity contribution in [3.8, 4) is 0 Å². The number of carbonyl (C=O) groups is 1. The molecule has 10 heteroatoms. The van der Waals surface area contributed by atoms with Crippen LogP contribution in [0.3, 0.4) is 0 Å². The number of nitrogens with zero attached hydrogens (tertiary/aromatic N) is 2. The summed E-state index contributed by atoms with van der Waals surface area (Å²) in [4.78, 5) is 14.1. The van der Waals surface area contributed by atoms with Gasteiger partial charge in [0, 0.05) is 21.1 Å². The molecule has 1 aliphatic rings. The van der Waals surface area contributed by atoms with Gasteiger partial charge in [0.1, 0.15) is 5.00 Å². The smallest absolute Gasteiger partial charge is 0.341 e. The molecule has 1 aromatic carbocycles. The van der Waals surface area contributed by atoms with Crippen molar-refractivity contribution in [1.82, 2.24) is 9.78 Å². The van der Waals surface area contributed by atoms with E-state index in [1.54, 1.807) is 34.3 Å². The molecule has 0 aliphatic heterocycles. The summed E-state index contributed by atoms with van der Waals surface area (Å²) in [5.41, 5.74) is 3.38. The minimum atomic E-state index is -0.293. The molecule has 2 aromatic heterocycles. The molecule has 180 valence electrons. The summed E-state index contributed by atoms with van der Waals surface area (Å²) in [5, 5.41) is 13.1. The van der Waals surface area contributed by atoms with Gasteiger partial charge in [-0.15, -0.1) is 11.3 Å². The Labute approximate surface area is 218 Å². The number of benzene rings is 1. The van der Waals surface area contributed by atoms with Crippen LogP contribution in [0.4, 0.5) is 10.7 Å². The lowest BCUT2D eigenvalue weighted by Gasteiger charge is -2.12. The Morgan fingerprint density at radius 1 is 1.21 bits per heavy atom. The van der Waals surface area contributed by atoms with Gasteiger partial charge in [-0.1, -0.05) is 42.1 Å². The van der Waals surface area contributed by atoms with Crippen molar-refractivity contribution in [2.24, 2.45) is 0 Å². The van der Waals surface area contributed by atoms with Crippen LogP contribution in [0.25, 0.3) is 0 Å². The molecule has 0 fully saturated rings. The zero-order valence-electron chi connectivity index (χ0n) is 18.8. The summed E-state index contributed by atoms with van der Waals surface area (Å²) in [6.07, 6.45) is 10.0. The number of hydrogen-bond acceptors (Lipinski definition) is 5. The average Bonchev–Trinajstić information content (AvgIpc) is 3.34. The molecule has 34 heavy (non-hydrogen) atoms. The number of halogens is 2. The zero-order chi connectivity index (χ0) is 24.1. The standard InChI is InChI=1S/C24H26Cl2N4O2S2/c1-2-32-23(31)21-18-7-5-3-4-6-8-20(18)34-22(21)29-24(33)28-17-12-27-30(14-17)13-15-9-10-16(25)11-19(15)26/h9-12,14H,2-8,13H2,1H3,(H2,28,29,33). The van der Waals surface area contributed by atoms with Crippen LogP contribution < -0.4 is 10.6 Å². The van der Waals surface area contributed by atoms with Crippen molar-refractivity contribution in [3.05, 3.63) is 62.2 Å². The zero-order valence-corrected chi connectivity index (χ0v) is 22.0. The van der Waals surface area contributed by atoms with E-state index in [-0.39, 0.29) is 5.97 Å². The topological polar surface area (TPSA) is 68.2 Å². The van der Waals surface area contributed by atoms with Crippen LogP contribution >= 0.6 is 46.8 Å². The van der Waals surface area contributed by atoms with E-state index in [0.717, 1.165) is 47.5 Å². The first-order valence-electron chi connectivity index (χ1n) is 11.3. The quantitative estimate of drug-likeness (QED) is 0.262. The maximum atomic E-state index is 12.8. The molecule has 2 heterocycles. The van der Waals surface area contributed by atoms with Crippen LogP contribution in [-0.4, -0.2) is 27.5 Å². The highest BCUT2D eigenvalue weighted by Crippen LogP contribution is 2.37. The molecule has 1 aliphatic carbocycles. The predicted octanol–water partition coefficient (Wildman–Crippen LogP) is 6.94. The molecule has 0 spiro atoms. The van der Waals surface area contributed by atoms with Crippen LogP contribution in [0.5, 0.6) is 0 Å². The van der Waals surface area contributed by atoms with Crippen molar-refractivity contribution < 1.29 is 9.53 Å². The fraction of sp³-hybridized carbons (Fsp3) is 0.375. The van der Waals surface area contributed by atoms with Crippen LogP contribution in [0.1, 0.15) is 59.0 Å². The molecule has 6 nitrogen and oxygen atoms in total. The van der Waals surface area contributed by atoms with E-state index in [1.165, 1.54) is 17.7 Å². The maximum absolute atomic E-state index is 12.8. The predicted molar refractivity (Wildman–Crippen MR) is 144 cm³/mol. The number of carbonyl (C=O) groups excluding carboxylic acids is 1. The number of fused-ring (bicyclic) bond motifs is 1. The van der Waals surface area contributed by atoms with Crippen molar-refractivity contribution in [1.29, 1.82) is 0 Å². The third-order valence-corrected chi connectivity index (χ3v) is 7.61. The van der Waals surface area contributed by atoms with E-state index >= 15 is 0 Å². The summed E-state index contributed by atoms with van der Waals surface area (Å²) in [6.45, 7) is 2.66. The minimum Gasteiger partial charge on any atom is -0.462 e. The van der Waals surface area contributed by atoms with E-state index in [4.69, 9.17) is 40.2 Å². The van der Waals surface area contributed by atoms with Crippen LogP contribution in [0.15, 0.2) is 30.6 Å². The Morgan fingerprint density at radius 2 is 2.00 bits per heavy atom. The SMILES string of the molecule is CCOC(=O)c1c(NC(=S)Nc2cnn(Cc3ccc(Cl)cc3Cl)c2)sc2c1CCCCCC2. The average molecular weight is 538 g/mol. The lowest BCUT2D eigenvalue weighted by atomic mass is 9.96. The number of hydrogen-bond donors (Lipinski definition) is 2. The van der Waals surface area contributed by atoms with Crippen molar-refractivity contribution in [2.75, 3.05) is 17.2 Å². The summed E-state index contributed by atoms with van der Waals surface area (Å²) < 4.78 is 7.14. The first kappa shape index (κ1) is 25.0. The molecule has 0 radical (unpaired) electrons. The van der Waals surface area contributed by atoms with Crippen molar-refractivity contribution in [2.45, 2.75) is 52.0 Å². The molecule has 0 unspecified atom stereocenters. The largest absolute Gasteiger partial charge is 0.462 e. The van der Waals surface area contributed by atoms with Gasteiger partial charge in [0.2, 0.25) is 0 Å². The summed E-state index contributed by atoms with van der Waals surface area (Å²) in [6, 6.07) is 5.40. The molecule has 0 amide bonds. The number of nitrogens with one attached hydrogen (secondary N) is 2. The fourth-order valence-corrected chi connectivity index (χ4v) is 6.07. The van der Waals surface area contributed by atoms with Crippen LogP contribution in [0, 0.1) is 0 Å². The molecule has 3 aromatic rings. The van der Waals surface area contributed by atoms with Gasteiger partial charge in [0.05, 0.1) is 30.6 Å². The third-order valence-electron chi connectivity index (χ3n) is 5.62. The highest BCUT2D eigenvalue weighted by molar-refractivity contribution is 7.80. The first-order chi connectivity index (χ1) is 16.4. The van der Waals surface area contributed by atoms with Gasteiger partial charge in [-0.2, -0.15) is 5.10 Å². The van der Waals surface area contributed by atoms with Crippen LogP contribution in [-0.2, 0) is 24.1 Å². The number of aromatic nitrogens is 2. The molecule has 0 saturated carbocycles. The molecule has 2 N–H and O–H groups in total. The molecule has 0 atom stereocenters. The van der Waals surface area contributed by atoms with Gasteiger partial charge in [0.15, 0.2) is 5.11 Å². The third kappa shape index (κ3) is 6.10. The van der Waals surface area contributed by atoms with E-state index in [0.29, 0.717) is 33.9 Å². The lowest BCUT2D eigenvalue weighted by molar-refractivity contribution is 0.0526. The van der Waals surface area contributed by atoms with Gasteiger partial charge in [0.25, 0.3) is 0 Å². The maximum Gasteiger partial charge on any atom is 0.341 e. The van der Waals surface area contributed by atoms with E-state index < -0.39 is 0 Å². The van der Waals surface area contributed by atoms with Gasteiger partial charge < -0.3 is 15.4 Å². The molecule has 0 bridgehead atoms. The second-order valence-corrected chi connectivity index (χ2v) is 10.4. The van der Waals surface area contributed by atoms with E-state index in [2.05, 4.69) is 15.7 Å². The molecule has 4 rings (SSSR count). The van der Waals surface area contributed by atoms with E-state index in [1.807, 2.05) is 19.2 Å². The summed E-state index contributed by atoms with van der Waals surface area (Å²) >= 11 is 19.4. The Hall–Kier alpha value is -2.13. The lowest BCUT2D eigenvalue weighted by Crippen LogP contribution is -2.20. The van der Waals surface area contributed by atoms with E-state index in [9.17, 15) is 4.79 Å². The number of thiocarbonyl (C=S) groups is 1. The fourth-order valence-electron chi connectivity index (χ4n) is 4.03. The second-order valence-electron chi connectivity index (χ2n) is 8.08. The van der Waals surface area contributed by atoms with Gasteiger partial charge in [-0.05, 0) is 68.1 Å². The highest BCUT2D eigenvalue weighted by atomic mass is 35.5. The summed E-state index contributed by atoms with van der Waals surface area (Å²) in [5.74, 6) is -0.293. The number of rotatable bonds is 6. The van der Waals surface area contributed by atoms with Gasteiger partial charge in [-0.25, -0.2) is 4.79 Å². The Balaban J connectivity index is 1.47. The van der Waals surface area contributed by atoms with Gasteiger partial charge >= 0.3 is 5.97 Å². The number of aryl methyl sites for hydroxylation is 1. The Bertz CT molecular complexity index is 1190. The monoisotopic (exact) mass is 536 g/mol. The highest BCUT2D eigenvalue weighted by Gasteiger charge is 2.25. The molecular formula is C24H26Cl2N4O2S2. The minimum absolute atomic E-state index is 0.293. The van der Waals surface area contributed by atoms with Crippen molar-refractivity contribution in [3.63, 3.8) is 0 Å². The normalized spacial score (nSPS) is 13.5. The number of anilines is 2. The summed E-state index contributed by atoms with van der Waals surface area (Å²) in [7, 11) is 0.